The summed E-state index contributed by atoms with van der Waals surface area (Å²) in [5, 5.41) is 2.58. The average Bonchev–Trinajstić information content (AvgIpc) is 3.08. The number of hydrogen-bond donors (Lipinski definition) is 1. The summed E-state index contributed by atoms with van der Waals surface area (Å²) in [4.78, 5) is 17.1. The van der Waals surface area contributed by atoms with Crippen molar-refractivity contribution in [2.45, 2.75) is 97.1 Å². The van der Waals surface area contributed by atoms with E-state index in [1.807, 2.05) is 0 Å². The van der Waals surface area contributed by atoms with Crippen molar-refractivity contribution in [1.82, 2.24) is 14.9 Å². The third-order valence-electron chi connectivity index (χ3n) is 5.36. The van der Waals surface area contributed by atoms with Crippen molar-refractivity contribution in [2.24, 2.45) is 0 Å². The Balaban J connectivity index is 2.55. The molecule has 0 aliphatic rings. The molecule has 0 saturated carbocycles. The van der Waals surface area contributed by atoms with Crippen LogP contribution in [0.4, 0.5) is 22.4 Å². The van der Waals surface area contributed by atoms with Crippen molar-refractivity contribution in [1.29, 1.82) is 0 Å². The van der Waals surface area contributed by atoms with Crippen LogP contribution in [0.3, 0.4) is 0 Å². The molecule has 1 aromatic carbocycles. The van der Waals surface area contributed by atoms with Crippen molar-refractivity contribution in [3.8, 4) is 0 Å². The van der Waals surface area contributed by atoms with Gasteiger partial charge in [0.2, 0.25) is 0 Å². The van der Waals surface area contributed by atoms with Gasteiger partial charge in [0, 0.05) is 14.7 Å². The number of nitrogens with one attached hydrogen (secondary N) is 1. The number of alkyl halides is 3. The Kier molecular flexibility index (Phi) is 10.2. The smallest absolute Gasteiger partial charge is 0.414 e. The van der Waals surface area contributed by atoms with Crippen molar-refractivity contribution in [2.75, 3.05) is 6.61 Å². The van der Waals surface area contributed by atoms with E-state index in [0.29, 0.717) is 12.1 Å². The summed E-state index contributed by atoms with van der Waals surface area (Å²) in [6.45, 7) is 14.2. The molecule has 210 valence electrons. The number of fused-ring (bicyclic) bond motifs is 1. The molecule has 0 spiro atoms. The predicted molar refractivity (Wildman–Crippen MR) is 140 cm³/mol. The van der Waals surface area contributed by atoms with Gasteiger partial charge in [0.05, 0.1) is 16.1 Å². The molecule has 0 bridgehead atoms. The number of ether oxygens (including phenoxy) is 3. The first-order valence-electron chi connectivity index (χ1n) is 11.9. The SMILES string of the molecule is C[C@@H](O[C@H](C)C(F)(F)F)[C@H](NC(=O)OC(C)(C)C)c1nc2c(F)c(Br)ccc2n1COCC[Si](C)(C)C. The molecule has 0 radical (unpaired) electrons. The van der Waals surface area contributed by atoms with Crippen LogP contribution in [0.1, 0.15) is 46.5 Å². The van der Waals surface area contributed by atoms with Gasteiger partial charge in [0.1, 0.15) is 29.7 Å². The monoisotopic (exact) mass is 613 g/mol. The molecular weight excluding hydrogens is 578 g/mol. The minimum atomic E-state index is -4.62. The number of hydrogen-bond acceptors (Lipinski definition) is 5. The van der Waals surface area contributed by atoms with E-state index in [2.05, 4.69) is 45.9 Å². The number of amides is 1. The maximum atomic E-state index is 15.0. The first-order valence-corrected chi connectivity index (χ1v) is 16.4. The van der Waals surface area contributed by atoms with Gasteiger partial charge < -0.3 is 24.1 Å². The molecule has 1 N–H and O–H groups in total. The topological polar surface area (TPSA) is 74.6 Å². The number of carbonyl (C=O) groups is 1. The number of aromatic nitrogens is 2. The molecule has 1 aromatic heterocycles. The summed E-state index contributed by atoms with van der Waals surface area (Å²) >= 11 is 3.14. The minimum absolute atomic E-state index is 0.0229. The molecule has 0 saturated heterocycles. The van der Waals surface area contributed by atoms with E-state index in [-0.39, 0.29) is 22.5 Å². The van der Waals surface area contributed by atoms with Gasteiger partial charge in [-0.25, -0.2) is 14.2 Å². The highest BCUT2D eigenvalue weighted by molar-refractivity contribution is 9.10. The molecule has 0 fully saturated rings. The van der Waals surface area contributed by atoms with Crippen LogP contribution in [0, 0.1) is 5.82 Å². The molecule has 3 atom stereocenters. The van der Waals surface area contributed by atoms with Gasteiger partial charge in [0.25, 0.3) is 0 Å². The number of benzene rings is 1. The van der Waals surface area contributed by atoms with Crippen molar-refractivity contribution in [3.05, 3.63) is 28.2 Å². The van der Waals surface area contributed by atoms with Crippen LogP contribution in [-0.2, 0) is 20.9 Å². The second kappa shape index (κ2) is 12.0. The molecule has 2 aromatic rings. The lowest BCUT2D eigenvalue weighted by Gasteiger charge is -2.30. The lowest BCUT2D eigenvalue weighted by Crippen LogP contribution is -2.43. The first kappa shape index (κ1) is 31.5. The Morgan fingerprint density at radius 2 is 1.81 bits per heavy atom. The fourth-order valence-electron chi connectivity index (χ4n) is 3.36. The largest absolute Gasteiger partial charge is 0.444 e. The highest BCUT2D eigenvalue weighted by Crippen LogP contribution is 2.32. The van der Waals surface area contributed by atoms with E-state index in [9.17, 15) is 18.0 Å². The van der Waals surface area contributed by atoms with Crippen LogP contribution in [0.25, 0.3) is 11.0 Å². The van der Waals surface area contributed by atoms with Gasteiger partial charge in [-0.05, 0) is 68.7 Å². The number of nitrogens with zero attached hydrogens (tertiary/aromatic N) is 2. The maximum Gasteiger partial charge on any atom is 0.414 e. The van der Waals surface area contributed by atoms with Crippen LogP contribution in [-0.4, -0.2) is 54.3 Å². The second-order valence-corrected chi connectivity index (χ2v) is 17.6. The van der Waals surface area contributed by atoms with Gasteiger partial charge in [-0.2, -0.15) is 13.2 Å². The third kappa shape index (κ3) is 9.22. The fourth-order valence-corrected chi connectivity index (χ4v) is 4.44. The zero-order chi connectivity index (χ0) is 28.3. The molecule has 0 aliphatic heterocycles. The highest BCUT2D eigenvalue weighted by atomic mass is 79.9. The van der Waals surface area contributed by atoms with Crippen LogP contribution >= 0.6 is 15.9 Å². The number of halogens is 5. The summed E-state index contributed by atoms with van der Waals surface area (Å²) < 4.78 is 73.0. The molecule has 1 heterocycles. The fraction of sp³-hybridized carbons (Fsp3) is 0.667. The molecule has 1 amide bonds. The number of imidazole rings is 1. The van der Waals surface area contributed by atoms with Gasteiger partial charge in [-0.15, -0.1) is 0 Å². The third-order valence-corrected chi connectivity index (χ3v) is 7.67. The lowest BCUT2D eigenvalue weighted by molar-refractivity contribution is -0.227. The van der Waals surface area contributed by atoms with Crippen LogP contribution in [0.15, 0.2) is 16.6 Å². The molecule has 13 heteroatoms. The standard InChI is InChI=1S/C24H36BrF4N3O4Si/c1-14(35-15(2)24(27,28)29)19(31-22(33)36-23(3,4)5)21-30-20-17(10-9-16(25)18(20)26)32(21)13-34-11-12-37(6,7)8/h9-10,14-15,19H,11-13H2,1-8H3,(H,31,33)/t14-,15-,19+/m1/s1. The van der Waals surface area contributed by atoms with Crippen LogP contribution in [0.5, 0.6) is 0 Å². The van der Waals surface area contributed by atoms with Gasteiger partial charge >= 0.3 is 12.3 Å². The van der Waals surface area contributed by atoms with Crippen molar-refractivity contribution < 1.29 is 36.6 Å². The van der Waals surface area contributed by atoms with Crippen molar-refractivity contribution in [3.63, 3.8) is 0 Å². The number of carbonyl (C=O) groups excluding carboxylic acids is 1. The molecule has 0 unspecified atom stereocenters. The lowest BCUT2D eigenvalue weighted by atomic mass is 10.1. The van der Waals surface area contributed by atoms with Gasteiger partial charge in [-0.3, -0.25) is 0 Å². The Bertz CT molecular complexity index is 1080. The zero-order valence-corrected chi connectivity index (χ0v) is 25.0. The molecule has 7 nitrogen and oxygen atoms in total. The van der Waals surface area contributed by atoms with E-state index < -0.39 is 50.0 Å². The second-order valence-electron chi connectivity index (χ2n) is 11.1. The van der Waals surface area contributed by atoms with Crippen LogP contribution in [0.2, 0.25) is 25.7 Å². The maximum absolute atomic E-state index is 15.0. The van der Waals surface area contributed by atoms with E-state index in [1.165, 1.54) is 17.6 Å². The first-order chi connectivity index (χ1) is 16.8. The van der Waals surface area contributed by atoms with E-state index in [4.69, 9.17) is 14.2 Å². The summed E-state index contributed by atoms with van der Waals surface area (Å²) in [6.07, 6.45) is -8.84. The predicted octanol–water partition coefficient (Wildman–Crippen LogP) is 7.17. The molecule has 2 rings (SSSR count). The van der Waals surface area contributed by atoms with E-state index >= 15 is 4.39 Å². The van der Waals surface area contributed by atoms with Crippen molar-refractivity contribution >= 4 is 41.1 Å². The molecule has 37 heavy (non-hydrogen) atoms. The summed E-state index contributed by atoms with van der Waals surface area (Å²) in [5.41, 5.74) is -0.532. The molecule has 0 aliphatic carbocycles. The number of alkyl carbamates (subject to hydrolysis) is 1. The summed E-state index contributed by atoms with van der Waals surface area (Å²) in [7, 11) is -1.40. The Morgan fingerprint density at radius 1 is 1.19 bits per heavy atom. The quantitative estimate of drug-likeness (QED) is 0.175. The highest BCUT2D eigenvalue weighted by Gasteiger charge is 2.40. The normalized spacial score (nSPS) is 15.5. The average molecular weight is 615 g/mol. The van der Waals surface area contributed by atoms with E-state index in [1.54, 1.807) is 26.8 Å². The summed E-state index contributed by atoms with van der Waals surface area (Å²) in [5.74, 6) is -0.569. The summed E-state index contributed by atoms with van der Waals surface area (Å²) in [6, 6.07) is 2.78. The van der Waals surface area contributed by atoms with E-state index in [0.717, 1.165) is 13.0 Å². The Morgan fingerprint density at radius 3 is 2.35 bits per heavy atom. The number of rotatable bonds is 10. The minimum Gasteiger partial charge on any atom is -0.444 e. The Labute approximate surface area is 224 Å². The zero-order valence-electron chi connectivity index (χ0n) is 22.4. The van der Waals surface area contributed by atoms with Gasteiger partial charge in [0.15, 0.2) is 11.9 Å². The molecular formula is C24H36BrF4N3O4Si. The van der Waals surface area contributed by atoms with Crippen LogP contribution < -0.4 is 5.32 Å². The Hall–Kier alpha value is -1.70. The van der Waals surface area contributed by atoms with Gasteiger partial charge in [-0.1, -0.05) is 19.6 Å².